The fourth-order valence-electron chi connectivity index (χ4n) is 9.92. The van der Waals surface area contributed by atoms with Crippen LogP contribution in [0.2, 0.25) is 0 Å². The number of fused-ring (bicyclic) bond motifs is 3. The third-order valence-corrected chi connectivity index (χ3v) is 13.0. The first-order chi connectivity index (χ1) is 32.5. The van der Waals surface area contributed by atoms with Gasteiger partial charge in [-0.2, -0.15) is 0 Å². The Hall–Kier alpha value is -8.40. The molecular weight excluding hydrogens is 799 g/mol. The van der Waals surface area contributed by atoms with Gasteiger partial charge in [-0.3, -0.25) is 0 Å². The minimum Gasteiger partial charge on any atom is -0.310 e. The van der Waals surface area contributed by atoms with E-state index < -0.39 is 0 Å². The van der Waals surface area contributed by atoms with Gasteiger partial charge in [-0.05, 0) is 136 Å². The molecule has 0 heterocycles. The molecule has 0 N–H and O–H groups in total. The number of nitrogens with zero attached hydrogens (tertiary/aromatic N) is 3. The first-order valence-corrected chi connectivity index (χ1v) is 22.8. The van der Waals surface area contributed by atoms with Crippen molar-refractivity contribution in [2.24, 2.45) is 0 Å². The number of hydrogen-bond donors (Lipinski definition) is 0. The topological polar surface area (TPSA) is 9.72 Å². The Labute approximate surface area is 388 Å². The lowest BCUT2D eigenvalue weighted by molar-refractivity contribution is 0.660. The van der Waals surface area contributed by atoms with E-state index in [9.17, 15) is 0 Å². The summed E-state index contributed by atoms with van der Waals surface area (Å²) in [5.74, 6) is 0. The van der Waals surface area contributed by atoms with E-state index in [0.29, 0.717) is 0 Å². The quantitative estimate of drug-likeness (QED) is 0.128. The molecule has 0 spiro atoms. The van der Waals surface area contributed by atoms with Crippen molar-refractivity contribution in [2.75, 3.05) is 14.7 Å². The van der Waals surface area contributed by atoms with Gasteiger partial charge >= 0.3 is 0 Å². The molecule has 0 aromatic heterocycles. The highest BCUT2D eigenvalue weighted by molar-refractivity contribution is 5.98. The van der Waals surface area contributed by atoms with E-state index in [4.69, 9.17) is 0 Å². The third-order valence-electron chi connectivity index (χ3n) is 13.0. The molecule has 10 aromatic carbocycles. The molecule has 0 aliphatic heterocycles. The van der Waals surface area contributed by atoms with Crippen molar-refractivity contribution in [3.63, 3.8) is 0 Å². The molecule has 0 radical (unpaired) electrons. The Morgan fingerprint density at radius 2 is 0.606 bits per heavy atom. The van der Waals surface area contributed by atoms with Crippen LogP contribution in [0.4, 0.5) is 51.2 Å². The van der Waals surface area contributed by atoms with Gasteiger partial charge in [-0.25, -0.2) is 0 Å². The minimum absolute atomic E-state index is 0.261. The summed E-state index contributed by atoms with van der Waals surface area (Å²) < 4.78 is 0. The van der Waals surface area contributed by atoms with E-state index in [-0.39, 0.29) is 5.41 Å². The SMILES string of the molecule is CC1(C)c2cc(N(c3ccccc3)c3cc(N(c4ccccc4)c4ccccc4)cc(N(c4ccccc4)c4ccccc4)c3)ccc2-c2c(-c3ccccc3-c3ccccc3)cccc21. The molecule has 66 heavy (non-hydrogen) atoms. The summed E-state index contributed by atoms with van der Waals surface area (Å²) in [6.07, 6.45) is 0. The van der Waals surface area contributed by atoms with Crippen molar-refractivity contribution in [1.82, 2.24) is 0 Å². The molecule has 0 amide bonds. The molecule has 0 bridgehead atoms. The highest BCUT2D eigenvalue weighted by Crippen LogP contribution is 2.55. The van der Waals surface area contributed by atoms with Crippen LogP contribution in [-0.4, -0.2) is 0 Å². The summed E-state index contributed by atoms with van der Waals surface area (Å²) >= 11 is 0. The molecule has 0 saturated carbocycles. The van der Waals surface area contributed by atoms with Crippen molar-refractivity contribution >= 4 is 51.2 Å². The van der Waals surface area contributed by atoms with E-state index in [1.54, 1.807) is 0 Å². The Morgan fingerprint density at radius 1 is 0.242 bits per heavy atom. The van der Waals surface area contributed by atoms with Crippen LogP contribution >= 0.6 is 0 Å². The molecule has 316 valence electrons. The number of para-hydroxylation sites is 5. The number of hydrogen-bond acceptors (Lipinski definition) is 3. The molecule has 3 nitrogen and oxygen atoms in total. The molecular formula is C63H49N3. The predicted molar refractivity (Wildman–Crippen MR) is 279 cm³/mol. The van der Waals surface area contributed by atoms with E-state index in [1.807, 2.05) is 0 Å². The van der Waals surface area contributed by atoms with E-state index in [2.05, 4.69) is 289 Å². The summed E-state index contributed by atoms with van der Waals surface area (Å²) in [5, 5.41) is 0. The zero-order valence-electron chi connectivity index (χ0n) is 37.2. The fraction of sp³-hybridized carbons (Fsp3) is 0.0476. The Morgan fingerprint density at radius 3 is 1.05 bits per heavy atom. The Balaban J connectivity index is 1.14. The van der Waals surface area contributed by atoms with Gasteiger partial charge in [0.1, 0.15) is 0 Å². The molecule has 3 heteroatoms. The van der Waals surface area contributed by atoms with E-state index in [1.165, 1.54) is 44.5 Å². The smallest absolute Gasteiger partial charge is 0.0503 e. The van der Waals surface area contributed by atoms with Gasteiger partial charge in [0.25, 0.3) is 0 Å². The minimum atomic E-state index is -0.261. The van der Waals surface area contributed by atoms with Gasteiger partial charge in [-0.15, -0.1) is 0 Å². The van der Waals surface area contributed by atoms with Gasteiger partial charge in [0.15, 0.2) is 0 Å². The molecule has 11 rings (SSSR count). The summed E-state index contributed by atoms with van der Waals surface area (Å²) in [5.41, 5.74) is 19.5. The first kappa shape index (κ1) is 40.4. The molecule has 0 atom stereocenters. The standard InChI is InChI=1S/C63H49N3/c1-63(2)60-39-23-38-58(57-37-22-21-36-56(57)46-24-9-3-10-25-46)62(60)59-41-40-52(45-61(59)63)66(51-34-19-8-20-35-51)55-43-53(64(47-26-11-4-12-27-47)48-28-13-5-14-29-48)42-54(44-55)65(49-30-15-6-16-31-49)50-32-17-7-18-33-50/h3-45H,1-2H3. The average Bonchev–Trinajstić information content (AvgIpc) is 3.61. The first-order valence-electron chi connectivity index (χ1n) is 22.8. The zero-order valence-corrected chi connectivity index (χ0v) is 37.2. The lowest BCUT2D eigenvalue weighted by atomic mass is 9.81. The lowest BCUT2D eigenvalue weighted by Crippen LogP contribution is -2.18. The fourth-order valence-corrected chi connectivity index (χ4v) is 9.92. The predicted octanol–water partition coefficient (Wildman–Crippen LogP) is 17.7. The van der Waals surface area contributed by atoms with Crippen LogP contribution in [0.15, 0.2) is 261 Å². The van der Waals surface area contributed by atoms with Crippen LogP contribution in [0.5, 0.6) is 0 Å². The maximum atomic E-state index is 2.44. The van der Waals surface area contributed by atoms with Crippen molar-refractivity contribution in [3.8, 4) is 33.4 Å². The Bertz CT molecular complexity index is 3080. The van der Waals surface area contributed by atoms with Crippen LogP contribution in [0.1, 0.15) is 25.0 Å². The van der Waals surface area contributed by atoms with Gasteiger partial charge in [-0.1, -0.05) is 184 Å². The van der Waals surface area contributed by atoms with Crippen LogP contribution < -0.4 is 14.7 Å². The monoisotopic (exact) mass is 847 g/mol. The van der Waals surface area contributed by atoms with Gasteiger partial charge in [0.05, 0.1) is 17.1 Å². The zero-order chi connectivity index (χ0) is 44.5. The summed E-state index contributed by atoms with van der Waals surface area (Å²) in [6.45, 7) is 4.77. The van der Waals surface area contributed by atoms with E-state index >= 15 is 0 Å². The average molecular weight is 848 g/mol. The van der Waals surface area contributed by atoms with Crippen molar-refractivity contribution in [1.29, 1.82) is 0 Å². The lowest BCUT2D eigenvalue weighted by Gasteiger charge is -2.33. The third kappa shape index (κ3) is 7.41. The number of anilines is 9. The second-order valence-electron chi connectivity index (χ2n) is 17.4. The van der Waals surface area contributed by atoms with Gasteiger partial charge in [0.2, 0.25) is 0 Å². The second-order valence-corrected chi connectivity index (χ2v) is 17.4. The molecule has 1 aliphatic rings. The summed E-state index contributed by atoms with van der Waals surface area (Å²) in [4.78, 5) is 7.16. The molecule has 0 fully saturated rings. The maximum Gasteiger partial charge on any atom is 0.0503 e. The number of benzene rings is 10. The summed E-state index contributed by atoms with van der Waals surface area (Å²) in [7, 11) is 0. The largest absolute Gasteiger partial charge is 0.310 e. The highest BCUT2D eigenvalue weighted by atomic mass is 15.2. The second kappa shape index (κ2) is 17.3. The molecule has 10 aromatic rings. The highest BCUT2D eigenvalue weighted by Gasteiger charge is 2.38. The molecule has 1 aliphatic carbocycles. The maximum absolute atomic E-state index is 2.44. The van der Waals surface area contributed by atoms with Crippen molar-refractivity contribution in [3.05, 3.63) is 272 Å². The van der Waals surface area contributed by atoms with Crippen LogP contribution in [-0.2, 0) is 5.41 Å². The Kier molecular flexibility index (Phi) is 10.6. The molecule has 0 unspecified atom stereocenters. The van der Waals surface area contributed by atoms with Crippen LogP contribution in [0.3, 0.4) is 0 Å². The normalized spacial score (nSPS) is 12.2. The summed E-state index contributed by atoms with van der Waals surface area (Å²) in [6, 6.07) is 94.2. The number of rotatable bonds is 11. The van der Waals surface area contributed by atoms with Gasteiger partial charge in [0, 0.05) is 39.5 Å². The van der Waals surface area contributed by atoms with Crippen LogP contribution in [0, 0.1) is 0 Å². The van der Waals surface area contributed by atoms with Gasteiger partial charge < -0.3 is 14.7 Å². The van der Waals surface area contributed by atoms with Crippen LogP contribution in [0.25, 0.3) is 33.4 Å². The van der Waals surface area contributed by atoms with E-state index in [0.717, 1.165) is 51.2 Å². The molecule has 0 saturated heterocycles. The van der Waals surface area contributed by atoms with Crippen molar-refractivity contribution in [2.45, 2.75) is 19.3 Å². The van der Waals surface area contributed by atoms with Crippen molar-refractivity contribution < 1.29 is 0 Å².